The maximum Gasteiger partial charge on any atom is 0.286 e. The SMILES string of the molecule is COc1ccc(NC(=O)c2nnc(CN(Cc3cccs3)C3CC3)s2)cc1. The Balaban J connectivity index is 1.38. The molecule has 6 nitrogen and oxygen atoms in total. The molecule has 2 heterocycles. The van der Waals surface area contributed by atoms with E-state index in [0.717, 1.165) is 23.8 Å². The summed E-state index contributed by atoms with van der Waals surface area (Å²) in [5.41, 5.74) is 0.704. The van der Waals surface area contributed by atoms with Crippen molar-refractivity contribution in [3.63, 3.8) is 0 Å². The molecule has 0 spiro atoms. The predicted octanol–water partition coefficient (Wildman–Crippen LogP) is 4.03. The summed E-state index contributed by atoms with van der Waals surface area (Å²) in [5, 5.41) is 14.5. The number of nitrogens with zero attached hydrogens (tertiary/aromatic N) is 3. The smallest absolute Gasteiger partial charge is 0.286 e. The highest BCUT2D eigenvalue weighted by atomic mass is 32.1. The van der Waals surface area contributed by atoms with Gasteiger partial charge in [-0.1, -0.05) is 17.4 Å². The van der Waals surface area contributed by atoms with E-state index in [2.05, 4.69) is 37.9 Å². The highest BCUT2D eigenvalue weighted by molar-refractivity contribution is 7.13. The van der Waals surface area contributed by atoms with E-state index in [0.29, 0.717) is 16.7 Å². The van der Waals surface area contributed by atoms with E-state index in [1.807, 2.05) is 0 Å². The summed E-state index contributed by atoms with van der Waals surface area (Å²) >= 11 is 3.13. The lowest BCUT2D eigenvalue weighted by molar-refractivity contribution is 0.102. The average molecular weight is 401 g/mol. The van der Waals surface area contributed by atoms with Crippen molar-refractivity contribution < 1.29 is 9.53 Å². The van der Waals surface area contributed by atoms with Crippen LogP contribution in [0.4, 0.5) is 5.69 Å². The molecule has 2 aromatic heterocycles. The lowest BCUT2D eigenvalue weighted by atomic mass is 10.3. The van der Waals surface area contributed by atoms with Crippen molar-refractivity contribution in [2.24, 2.45) is 0 Å². The fraction of sp³-hybridized carbons (Fsp3) is 0.316. The maximum atomic E-state index is 12.4. The Kier molecular flexibility index (Phi) is 5.47. The Morgan fingerprint density at radius 2 is 2.04 bits per heavy atom. The first-order valence-corrected chi connectivity index (χ1v) is 10.4. The molecule has 1 aliphatic rings. The molecule has 140 valence electrons. The van der Waals surface area contributed by atoms with Crippen molar-refractivity contribution in [3.8, 4) is 5.75 Å². The number of carbonyl (C=O) groups is 1. The second-order valence-electron chi connectivity index (χ2n) is 6.40. The second-order valence-corrected chi connectivity index (χ2v) is 8.49. The Hall–Kier alpha value is -2.29. The fourth-order valence-corrected chi connectivity index (χ4v) is 4.29. The van der Waals surface area contributed by atoms with E-state index >= 15 is 0 Å². The van der Waals surface area contributed by atoms with Crippen molar-refractivity contribution in [1.29, 1.82) is 0 Å². The molecule has 1 N–H and O–H groups in total. The summed E-state index contributed by atoms with van der Waals surface area (Å²) in [5.74, 6) is 0.511. The van der Waals surface area contributed by atoms with Crippen molar-refractivity contribution in [2.45, 2.75) is 32.0 Å². The molecule has 0 unspecified atom stereocenters. The van der Waals surface area contributed by atoms with Gasteiger partial charge in [0.05, 0.1) is 13.7 Å². The zero-order chi connectivity index (χ0) is 18.6. The number of benzene rings is 1. The standard InChI is InChI=1S/C19H20N4O2S2/c1-25-15-8-4-13(5-9-15)20-18(24)19-22-21-17(27-19)12-23(14-6-7-14)11-16-3-2-10-26-16/h2-5,8-10,14H,6-7,11-12H2,1H3,(H,20,24). The van der Waals surface area contributed by atoms with E-state index in [1.54, 1.807) is 42.7 Å². The number of carbonyl (C=O) groups excluding carboxylic acids is 1. The molecule has 0 bridgehead atoms. The van der Waals surface area contributed by atoms with Crippen LogP contribution in [0.1, 0.15) is 32.5 Å². The van der Waals surface area contributed by atoms with E-state index in [4.69, 9.17) is 4.74 Å². The van der Waals surface area contributed by atoms with Crippen molar-refractivity contribution >= 4 is 34.3 Å². The first-order chi connectivity index (χ1) is 13.2. The van der Waals surface area contributed by atoms with Crippen LogP contribution in [-0.2, 0) is 13.1 Å². The van der Waals surface area contributed by atoms with Crippen molar-refractivity contribution in [2.75, 3.05) is 12.4 Å². The highest BCUT2D eigenvalue weighted by Crippen LogP contribution is 2.31. The van der Waals surface area contributed by atoms with Gasteiger partial charge in [0.1, 0.15) is 10.8 Å². The number of methoxy groups -OCH3 is 1. The van der Waals surface area contributed by atoms with Crippen molar-refractivity contribution in [1.82, 2.24) is 15.1 Å². The third-order valence-electron chi connectivity index (χ3n) is 4.35. The van der Waals surface area contributed by atoms with Crippen LogP contribution in [0, 0.1) is 0 Å². The summed E-state index contributed by atoms with van der Waals surface area (Å²) in [7, 11) is 1.61. The third kappa shape index (κ3) is 4.71. The summed E-state index contributed by atoms with van der Waals surface area (Å²) < 4.78 is 5.12. The fourth-order valence-electron chi connectivity index (χ4n) is 2.80. The Morgan fingerprint density at radius 3 is 2.70 bits per heavy atom. The van der Waals surface area contributed by atoms with Gasteiger partial charge >= 0.3 is 0 Å². The lowest BCUT2D eigenvalue weighted by Gasteiger charge is -2.19. The van der Waals surface area contributed by atoms with Gasteiger partial charge in [-0.3, -0.25) is 9.69 Å². The molecule has 1 amide bonds. The van der Waals surface area contributed by atoms with Gasteiger partial charge < -0.3 is 10.1 Å². The number of hydrogen-bond acceptors (Lipinski definition) is 7. The number of anilines is 1. The van der Waals surface area contributed by atoms with E-state index in [-0.39, 0.29) is 5.91 Å². The molecule has 0 saturated heterocycles. The van der Waals surface area contributed by atoms with Gasteiger partial charge in [0, 0.05) is 23.2 Å². The normalized spacial score (nSPS) is 13.7. The highest BCUT2D eigenvalue weighted by Gasteiger charge is 2.30. The van der Waals surface area contributed by atoms with Crippen LogP contribution in [0.2, 0.25) is 0 Å². The van der Waals surface area contributed by atoms with Gasteiger partial charge in [-0.2, -0.15) is 0 Å². The molecule has 4 rings (SSSR count). The zero-order valence-corrected chi connectivity index (χ0v) is 16.6. The average Bonchev–Trinajstić information content (AvgIpc) is 3.20. The molecule has 1 aliphatic carbocycles. The maximum absolute atomic E-state index is 12.4. The molecule has 0 radical (unpaired) electrons. The van der Waals surface area contributed by atoms with Gasteiger partial charge in [-0.25, -0.2) is 0 Å². The summed E-state index contributed by atoms with van der Waals surface area (Å²) in [6, 6.07) is 12.1. The third-order valence-corrected chi connectivity index (χ3v) is 6.12. The number of ether oxygens (including phenoxy) is 1. The zero-order valence-electron chi connectivity index (χ0n) is 14.9. The van der Waals surface area contributed by atoms with Gasteiger partial charge in [0.25, 0.3) is 5.91 Å². The van der Waals surface area contributed by atoms with Crippen LogP contribution in [-0.4, -0.2) is 34.2 Å². The monoisotopic (exact) mass is 400 g/mol. The summed E-state index contributed by atoms with van der Waals surface area (Å²) in [6.45, 7) is 1.66. The minimum atomic E-state index is -0.236. The Bertz CT molecular complexity index is 889. The summed E-state index contributed by atoms with van der Waals surface area (Å²) in [4.78, 5) is 16.2. The predicted molar refractivity (Wildman–Crippen MR) is 107 cm³/mol. The van der Waals surface area contributed by atoms with Gasteiger partial charge in [0.2, 0.25) is 5.01 Å². The minimum Gasteiger partial charge on any atom is -0.497 e. The molecule has 1 saturated carbocycles. The summed E-state index contributed by atoms with van der Waals surface area (Å²) in [6.07, 6.45) is 2.46. The molecule has 0 atom stereocenters. The van der Waals surface area contributed by atoms with Crippen LogP contribution in [0.5, 0.6) is 5.75 Å². The van der Waals surface area contributed by atoms with Crippen LogP contribution in [0.15, 0.2) is 41.8 Å². The molecular weight excluding hydrogens is 380 g/mol. The minimum absolute atomic E-state index is 0.236. The Morgan fingerprint density at radius 1 is 1.22 bits per heavy atom. The number of thiophene rings is 1. The number of nitrogens with one attached hydrogen (secondary N) is 1. The van der Waals surface area contributed by atoms with Gasteiger partial charge in [-0.05, 0) is 48.6 Å². The molecule has 8 heteroatoms. The van der Waals surface area contributed by atoms with E-state index in [9.17, 15) is 4.79 Å². The molecule has 1 aromatic carbocycles. The van der Waals surface area contributed by atoms with E-state index < -0.39 is 0 Å². The van der Waals surface area contributed by atoms with Crippen LogP contribution < -0.4 is 10.1 Å². The molecule has 0 aliphatic heterocycles. The quantitative estimate of drug-likeness (QED) is 0.618. The lowest BCUT2D eigenvalue weighted by Crippen LogP contribution is -2.24. The first kappa shape index (κ1) is 18.1. The van der Waals surface area contributed by atoms with Gasteiger partial charge in [0.15, 0.2) is 0 Å². The second kappa shape index (κ2) is 8.16. The number of amides is 1. The van der Waals surface area contributed by atoms with Gasteiger partial charge in [-0.15, -0.1) is 21.5 Å². The molecule has 1 fully saturated rings. The van der Waals surface area contributed by atoms with Crippen LogP contribution in [0.3, 0.4) is 0 Å². The molecule has 27 heavy (non-hydrogen) atoms. The molecular formula is C19H20N4O2S2. The largest absolute Gasteiger partial charge is 0.497 e. The number of rotatable bonds is 8. The van der Waals surface area contributed by atoms with Crippen LogP contribution >= 0.6 is 22.7 Å². The van der Waals surface area contributed by atoms with Crippen LogP contribution in [0.25, 0.3) is 0 Å². The van der Waals surface area contributed by atoms with Crippen molar-refractivity contribution in [3.05, 3.63) is 56.7 Å². The van der Waals surface area contributed by atoms with E-state index in [1.165, 1.54) is 29.1 Å². The topological polar surface area (TPSA) is 67.3 Å². The molecule has 3 aromatic rings. The first-order valence-electron chi connectivity index (χ1n) is 8.75. The number of aromatic nitrogens is 2. The number of hydrogen-bond donors (Lipinski definition) is 1. The Labute approximate surface area is 165 Å².